The Labute approximate surface area is 146 Å². The van der Waals surface area contributed by atoms with Gasteiger partial charge in [-0.1, -0.05) is 52.4 Å². The van der Waals surface area contributed by atoms with E-state index >= 15 is 0 Å². The first-order valence-corrected chi connectivity index (χ1v) is 9.01. The molecule has 0 aliphatic heterocycles. The number of aliphatic hydroxyl groups is 1. The van der Waals surface area contributed by atoms with E-state index in [2.05, 4.69) is 6.92 Å². The summed E-state index contributed by atoms with van der Waals surface area (Å²) in [5, 5.41) is 9.00. The minimum Gasteiger partial charge on any atom is -0.748 e. The molecule has 1 N–H and O–H groups in total. The molecule has 0 fully saturated rings. The van der Waals surface area contributed by atoms with E-state index in [-0.39, 0.29) is 35.7 Å². The van der Waals surface area contributed by atoms with Crippen LogP contribution in [0.3, 0.4) is 0 Å². The van der Waals surface area contributed by atoms with Crippen molar-refractivity contribution in [3.63, 3.8) is 0 Å². The molecule has 4 nitrogen and oxygen atoms in total. The van der Waals surface area contributed by atoms with Crippen molar-refractivity contribution >= 4 is 10.1 Å². The second-order valence-corrected chi connectivity index (χ2v) is 6.96. The first kappa shape index (κ1) is 23.1. The fourth-order valence-electron chi connectivity index (χ4n) is 2.26. The van der Waals surface area contributed by atoms with Gasteiger partial charge in [-0.2, -0.15) is 0 Å². The maximum absolute atomic E-state index is 10.9. The van der Waals surface area contributed by atoms with E-state index in [0.717, 1.165) is 19.3 Å². The van der Waals surface area contributed by atoms with Crippen molar-refractivity contribution in [3.8, 4) is 0 Å². The van der Waals surface area contributed by atoms with Crippen molar-refractivity contribution in [1.29, 1.82) is 0 Å². The first-order valence-electron chi connectivity index (χ1n) is 7.54. The van der Waals surface area contributed by atoms with Gasteiger partial charge in [0.2, 0.25) is 0 Å². The molecule has 0 rings (SSSR count). The van der Waals surface area contributed by atoms with Gasteiger partial charge in [0.25, 0.3) is 0 Å². The molecule has 0 aliphatic carbocycles. The zero-order chi connectivity index (χ0) is 14.7. The van der Waals surface area contributed by atoms with E-state index in [0.29, 0.717) is 25.7 Å². The molecule has 0 saturated carbocycles. The van der Waals surface area contributed by atoms with Gasteiger partial charge in [-0.15, -0.1) is 0 Å². The molecule has 20 heavy (non-hydrogen) atoms. The second kappa shape index (κ2) is 13.5. The van der Waals surface area contributed by atoms with Gasteiger partial charge in [-0.05, 0) is 25.7 Å². The van der Waals surface area contributed by atoms with Crippen LogP contribution in [-0.2, 0) is 10.1 Å². The van der Waals surface area contributed by atoms with Gasteiger partial charge in [0.05, 0.1) is 16.2 Å². The molecule has 0 aliphatic rings. The van der Waals surface area contributed by atoms with Gasteiger partial charge in [-0.25, -0.2) is 8.42 Å². The Bertz CT molecular complexity index is 306. The summed E-state index contributed by atoms with van der Waals surface area (Å²) < 4.78 is 32.7. The molecule has 2 atom stereocenters. The largest absolute Gasteiger partial charge is 1.00 e. The predicted octanol–water partition coefficient (Wildman–Crippen LogP) is 0.206. The fourth-order valence-corrected chi connectivity index (χ4v) is 3.12. The Hall–Kier alpha value is 0.870. The summed E-state index contributed by atoms with van der Waals surface area (Å²) in [6.45, 7) is 3.88. The van der Waals surface area contributed by atoms with Crippen molar-refractivity contribution in [3.05, 3.63) is 0 Å². The van der Waals surface area contributed by atoms with Gasteiger partial charge >= 0.3 is 29.6 Å². The van der Waals surface area contributed by atoms with Crippen molar-refractivity contribution in [2.75, 3.05) is 0 Å². The summed E-state index contributed by atoms with van der Waals surface area (Å²) in [5.41, 5.74) is 0. The first-order chi connectivity index (χ1) is 8.91. The Kier molecular flexibility index (Phi) is 15.7. The number of hydrogen-bond acceptors (Lipinski definition) is 4. The van der Waals surface area contributed by atoms with E-state index in [1.807, 2.05) is 0 Å². The summed E-state index contributed by atoms with van der Waals surface area (Å²) in [5.74, 6) is 0. The van der Waals surface area contributed by atoms with Crippen LogP contribution in [0, 0.1) is 0 Å². The van der Waals surface area contributed by atoms with Gasteiger partial charge in [0, 0.05) is 5.25 Å². The Morgan fingerprint density at radius 1 is 0.950 bits per heavy atom. The zero-order valence-electron chi connectivity index (χ0n) is 13.3. The van der Waals surface area contributed by atoms with Crippen LogP contribution in [0.1, 0.15) is 78.1 Å². The van der Waals surface area contributed by atoms with E-state index in [9.17, 15) is 18.1 Å². The molecule has 0 saturated heterocycles. The summed E-state index contributed by atoms with van der Waals surface area (Å²) in [4.78, 5) is 0. The minimum atomic E-state index is -4.15. The van der Waals surface area contributed by atoms with Crippen molar-refractivity contribution in [2.24, 2.45) is 0 Å². The molecule has 6 heteroatoms. The van der Waals surface area contributed by atoms with Gasteiger partial charge in [0.1, 0.15) is 0 Å². The van der Waals surface area contributed by atoms with Crippen molar-refractivity contribution in [1.82, 2.24) is 0 Å². The standard InChI is InChI=1S/C14H30O4S.Na/c1-3-5-6-7-10-13(15)11-8-9-12-14(4-2)19(16,17)18;/h13-15H,3-12H2,1-2H3,(H,16,17,18);/q;+1/p-1. The van der Waals surface area contributed by atoms with Crippen LogP contribution in [0.25, 0.3) is 0 Å². The average Bonchev–Trinajstić information content (AvgIpc) is 2.33. The number of hydrogen-bond donors (Lipinski definition) is 1. The third-order valence-corrected chi connectivity index (χ3v) is 4.95. The maximum Gasteiger partial charge on any atom is 1.00 e. The van der Waals surface area contributed by atoms with Gasteiger partial charge < -0.3 is 9.66 Å². The molecule has 0 heterocycles. The second-order valence-electron chi connectivity index (χ2n) is 5.31. The molecule has 0 spiro atoms. The number of rotatable bonds is 12. The van der Waals surface area contributed by atoms with Crippen LogP contribution in [0.2, 0.25) is 0 Å². The van der Waals surface area contributed by atoms with Crippen LogP contribution in [0.4, 0.5) is 0 Å². The van der Waals surface area contributed by atoms with Gasteiger partial charge in [-0.3, -0.25) is 0 Å². The summed E-state index contributed by atoms with van der Waals surface area (Å²) in [6, 6.07) is 0. The molecule has 0 aromatic heterocycles. The van der Waals surface area contributed by atoms with E-state index in [1.54, 1.807) is 6.92 Å². The summed E-state index contributed by atoms with van der Waals surface area (Å²) in [6.07, 6.45) is 8.19. The smallest absolute Gasteiger partial charge is 0.748 e. The third kappa shape index (κ3) is 12.6. The summed E-state index contributed by atoms with van der Waals surface area (Å²) >= 11 is 0. The van der Waals surface area contributed by atoms with Crippen LogP contribution >= 0.6 is 0 Å². The minimum absolute atomic E-state index is 0. The molecule has 0 aromatic carbocycles. The number of unbranched alkanes of at least 4 members (excludes halogenated alkanes) is 4. The molecule has 0 amide bonds. The molecule has 2 unspecified atom stereocenters. The predicted molar refractivity (Wildman–Crippen MR) is 77.0 cm³/mol. The molecule has 116 valence electrons. The fraction of sp³-hybridized carbons (Fsp3) is 1.00. The normalized spacial score (nSPS) is 14.6. The Morgan fingerprint density at radius 2 is 1.45 bits per heavy atom. The van der Waals surface area contributed by atoms with Crippen molar-refractivity contribution in [2.45, 2.75) is 89.4 Å². The average molecular weight is 316 g/mol. The monoisotopic (exact) mass is 316 g/mol. The van der Waals surface area contributed by atoms with E-state index < -0.39 is 15.4 Å². The van der Waals surface area contributed by atoms with E-state index in [4.69, 9.17) is 0 Å². The Balaban J connectivity index is 0. The summed E-state index contributed by atoms with van der Waals surface area (Å²) in [7, 11) is -4.15. The topological polar surface area (TPSA) is 77.4 Å². The SMILES string of the molecule is CCCCCCC(O)CCCCC(CC)S(=O)(=O)[O-].[Na+]. The molecule has 0 aromatic rings. The Morgan fingerprint density at radius 3 is 1.90 bits per heavy atom. The quantitative estimate of drug-likeness (QED) is 0.317. The van der Waals surface area contributed by atoms with Crippen LogP contribution in [0.5, 0.6) is 0 Å². The van der Waals surface area contributed by atoms with E-state index in [1.165, 1.54) is 19.3 Å². The third-order valence-electron chi connectivity index (χ3n) is 3.57. The molecular weight excluding hydrogens is 287 g/mol. The van der Waals surface area contributed by atoms with Crippen molar-refractivity contribution < 1.29 is 47.6 Å². The van der Waals surface area contributed by atoms with Gasteiger partial charge in [0.15, 0.2) is 0 Å². The zero-order valence-corrected chi connectivity index (χ0v) is 16.1. The number of aliphatic hydroxyl groups excluding tert-OH is 1. The van der Waals surface area contributed by atoms with Crippen LogP contribution in [0.15, 0.2) is 0 Å². The van der Waals surface area contributed by atoms with Crippen LogP contribution < -0.4 is 29.6 Å². The maximum atomic E-state index is 10.9. The van der Waals surface area contributed by atoms with Crippen LogP contribution in [-0.4, -0.2) is 29.4 Å². The molecular formula is C14H29NaO4S. The molecule has 0 bridgehead atoms. The molecule has 0 radical (unpaired) electrons.